The van der Waals surface area contributed by atoms with Crippen LogP contribution in [-0.2, 0) is 19.5 Å². The van der Waals surface area contributed by atoms with Gasteiger partial charge in [-0.3, -0.25) is 0 Å². The van der Waals surface area contributed by atoms with Gasteiger partial charge >= 0.3 is 0 Å². The quantitative estimate of drug-likeness (QED) is 0.369. The molecule has 0 radical (unpaired) electrons. The smallest absolute Gasteiger partial charge is 0 e. The Labute approximate surface area is 137 Å². The monoisotopic (exact) mass is 319 g/mol. The van der Waals surface area contributed by atoms with Gasteiger partial charge in [0.25, 0.3) is 0 Å². The zero-order chi connectivity index (χ0) is 15.0. The Hall–Kier alpha value is 0.623. The fourth-order valence-corrected chi connectivity index (χ4v) is 2.33. The van der Waals surface area contributed by atoms with Crippen LogP contribution < -0.4 is 0 Å². The number of hydrogen-bond donors (Lipinski definition) is 0. The maximum atomic E-state index is 2.34. The van der Waals surface area contributed by atoms with Crippen molar-refractivity contribution in [2.45, 2.75) is 94.9 Å². The molecule has 0 saturated carbocycles. The average molecular weight is 321 g/mol. The zero-order valence-corrected chi connectivity index (χ0v) is 18.6. The summed E-state index contributed by atoms with van der Waals surface area (Å²) >= 11 is 0. The molecule has 19 heavy (non-hydrogen) atoms. The second-order valence-electron chi connectivity index (χ2n) is 8.02. The van der Waals surface area contributed by atoms with Crippen LogP contribution >= 0.6 is 0 Å². The van der Waals surface area contributed by atoms with Gasteiger partial charge in [0, 0.05) is 19.5 Å². The predicted molar refractivity (Wildman–Crippen MR) is 86.8 cm³/mol. The zero-order valence-electron chi connectivity index (χ0n) is 15.6. The molecule has 0 bridgehead atoms. The molecule has 0 aromatic heterocycles. The summed E-state index contributed by atoms with van der Waals surface area (Å²) in [6, 6.07) is 0. The van der Waals surface area contributed by atoms with Crippen LogP contribution in [0.5, 0.6) is 0 Å². The molecular formula is C18H39Zn-. The van der Waals surface area contributed by atoms with E-state index in [1.165, 1.54) is 25.7 Å². The summed E-state index contributed by atoms with van der Waals surface area (Å²) in [5.41, 5.74) is 1.09. The summed E-state index contributed by atoms with van der Waals surface area (Å²) in [7, 11) is 0. The Balaban J connectivity index is -0.000000256. The van der Waals surface area contributed by atoms with Crippen LogP contribution in [0.4, 0.5) is 0 Å². The van der Waals surface area contributed by atoms with E-state index in [-0.39, 0.29) is 19.5 Å². The van der Waals surface area contributed by atoms with Crippen molar-refractivity contribution in [3.63, 3.8) is 0 Å². The first-order valence-electron chi connectivity index (χ1n) is 7.74. The van der Waals surface area contributed by atoms with Crippen LogP contribution in [0.2, 0.25) is 0 Å². The number of rotatable bonds is 6. The van der Waals surface area contributed by atoms with Gasteiger partial charge in [0.1, 0.15) is 0 Å². The molecule has 0 aromatic carbocycles. The molecule has 0 aliphatic heterocycles. The van der Waals surface area contributed by atoms with Crippen molar-refractivity contribution in [2.24, 2.45) is 16.7 Å². The third kappa shape index (κ3) is 18.6. The van der Waals surface area contributed by atoms with Crippen LogP contribution in [0.15, 0.2) is 0 Å². The van der Waals surface area contributed by atoms with E-state index in [9.17, 15) is 0 Å². The largest absolute Gasteiger partial charge is 0.319 e. The van der Waals surface area contributed by atoms with Crippen LogP contribution in [0.25, 0.3) is 0 Å². The minimum Gasteiger partial charge on any atom is -0.319 e. The minimum absolute atomic E-state index is 0. The first-order chi connectivity index (χ1) is 7.95. The minimum atomic E-state index is 0. The van der Waals surface area contributed by atoms with E-state index in [1.54, 1.807) is 5.92 Å². The van der Waals surface area contributed by atoms with E-state index >= 15 is 0 Å². The van der Waals surface area contributed by atoms with Crippen molar-refractivity contribution in [1.29, 1.82) is 0 Å². The summed E-state index contributed by atoms with van der Waals surface area (Å²) in [4.78, 5) is 0. The Bertz CT molecular complexity index is 168. The normalized spacial score (nSPS) is 12.0. The number of hydrogen-bond acceptors (Lipinski definition) is 0. The third-order valence-electron chi connectivity index (χ3n) is 3.71. The molecule has 0 rings (SSSR count). The Morgan fingerprint density at radius 3 is 1.32 bits per heavy atom. The molecule has 0 aliphatic rings. The van der Waals surface area contributed by atoms with Crippen LogP contribution in [0.3, 0.4) is 0 Å². The molecule has 0 heterocycles. The molecule has 0 fully saturated rings. The fraction of sp³-hybridized carbons (Fsp3) is 0.944. The molecule has 1 heteroatoms. The van der Waals surface area contributed by atoms with Gasteiger partial charge in [-0.1, -0.05) is 73.6 Å². The second kappa shape index (κ2) is 11.3. The third-order valence-corrected chi connectivity index (χ3v) is 3.71. The van der Waals surface area contributed by atoms with E-state index in [2.05, 4.69) is 69.2 Å². The van der Waals surface area contributed by atoms with E-state index in [1.807, 2.05) is 0 Å². The topological polar surface area (TPSA) is 0 Å². The Morgan fingerprint density at radius 2 is 1.21 bits per heavy atom. The molecular weight excluding hydrogens is 282 g/mol. The van der Waals surface area contributed by atoms with Crippen LogP contribution in [0, 0.1) is 22.7 Å². The summed E-state index contributed by atoms with van der Waals surface area (Å²) in [6.07, 6.45) is 5.19. The van der Waals surface area contributed by atoms with Crippen molar-refractivity contribution in [3.05, 3.63) is 5.92 Å². The van der Waals surface area contributed by atoms with Crippen molar-refractivity contribution in [2.75, 3.05) is 0 Å². The maximum Gasteiger partial charge on any atom is 0 e. The van der Waals surface area contributed by atoms with Crippen molar-refractivity contribution in [1.82, 2.24) is 0 Å². The molecule has 114 valence electrons. The first-order valence-corrected chi connectivity index (χ1v) is 7.74. The predicted octanol–water partition coefficient (Wildman–Crippen LogP) is 6.89. The molecule has 0 unspecified atom stereocenters. The van der Waals surface area contributed by atoms with Gasteiger partial charge in [-0.05, 0) is 17.8 Å². The summed E-state index contributed by atoms with van der Waals surface area (Å²) in [5, 5.41) is 0. The van der Waals surface area contributed by atoms with Gasteiger partial charge in [0.05, 0.1) is 0 Å². The summed E-state index contributed by atoms with van der Waals surface area (Å²) < 4.78 is 0. The summed E-state index contributed by atoms with van der Waals surface area (Å²) in [6.45, 7) is 22.8. The van der Waals surface area contributed by atoms with Gasteiger partial charge < -0.3 is 5.92 Å². The second-order valence-corrected chi connectivity index (χ2v) is 8.02. The van der Waals surface area contributed by atoms with Gasteiger partial charge in [-0.2, -0.15) is 20.3 Å². The summed E-state index contributed by atoms with van der Waals surface area (Å²) in [5.74, 6) is 2.39. The SMILES string of the molecule is CCC(C)(C)CC(C)C.CCC(C)(C)C[C-](C)C.[Zn]. The molecule has 0 aromatic rings. The Morgan fingerprint density at radius 1 is 0.842 bits per heavy atom. The van der Waals surface area contributed by atoms with Gasteiger partial charge in [0.15, 0.2) is 0 Å². The maximum absolute atomic E-state index is 2.34. The molecule has 0 spiro atoms. The van der Waals surface area contributed by atoms with Crippen molar-refractivity contribution in [3.8, 4) is 0 Å². The van der Waals surface area contributed by atoms with Crippen LogP contribution in [-0.4, -0.2) is 0 Å². The van der Waals surface area contributed by atoms with Gasteiger partial charge in [-0.15, -0.1) is 0 Å². The van der Waals surface area contributed by atoms with E-state index in [4.69, 9.17) is 0 Å². The van der Waals surface area contributed by atoms with E-state index < -0.39 is 0 Å². The first kappa shape index (κ1) is 24.6. The van der Waals surface area contributed by atoms with Crippen molar-refractivity contribution < 1.29 is 19.5 Å². The van der Waals surface area contributed by atoms with Crippen LogP contribution in [0.1, 0.15) is 94.9 Å². The molecule has 0 N–H and O–H groups in total. The standard InChI is InChI=1S/C9H20.C9H19.Zn/c2*1-6-9(4,5)7-8(2)3;/h8H,6-7H2,1-5H3;6-7H2,1-5H3;/q;-1;. The fourth-order valence-electron chi connectivity index (χ4n) is 2.33. The molecule has 0 aliphatic carbocycles. The molecule has 0 atom stereocenters. The van der Waals surface area contributed by atoms with Gasteiger partial charge in [0.2, 0.25) is 0 Å². The molecule has 0 amide bonds. The van der Waals surface area contributed by atoms with E-state index in [0.29, 0.717) is 10.8 Å². The average Bonchev–Trinajstić information content (AvgIpc) is 2.15. The van der Waals surface area contributed by atoms with Crippen molar-refractivity contribution >= 4 is 0 Å². The Kier molecular flexibility index (Phi) is 14.6. The van der Waals surface area contributed by atoms with Gasteiger partial charge in [-0.25, -0.2) is 0 Å². The molecule has 0 nitrogen and oxygen atoms in total. The molecule has 0 saturated heterocycles. The van der Waals surface area contributed by atoms with E-state index in [0.717, 1.165) is 5.92 Å².